The van der Waals surface area contributed by atoms with Gasteiger partial charge in [0.25, 0.3) is 11.8 Å². The Morgan fingerprint density at radius 3 is 2.41 bits per heavy atom. The monoisotopic (exact) mass is 468 g/mol. The molecule has 0 aliphatic heterocycles. The SMILES string of the molecule is CCCC[C@H](C(=O)O)C(=O)NOC[C@H]1c2ccccc2-c2cccc(C(=O)NOC(C)(C)C)c21. The van der Waals surface area contributed by atoms with Crippen LogP contribution in [0.5, 0.6) is 0 Å². The maximum atomic E-state index is 13.0. The lowest BCUT2D eigenvalue weighted by molar-refractivity contribution is -0.152. The number of nitrogens with one attached hydrogen (secondary N) is 2. The number of rotatable bonds is 10. The Labute approximate surface area is 199 Å². The Kier molecular flexibility index (Phi) is 8.06. The third-order valence-electron chi connectivity index (χ3n) is 5.66. The van der Waals surface area contributed by atoms with E-state index in [0.717, 1.165) is 28.7 Å². The fourth-order valence-corrected chi connectivity index (χ4v) is 4.04. The average molecular weight is 469 g/mol. The second kappa shape index (κ2) is 10.8. The first-order valence-corrected chi connectivity index (χ1v) is 11.5. The molecule has 3 rings (SSSR count). The highest BCUT2D eigenvalue weighted by molar-refractivity contribution is 5.99. The Bertz CT molecular complexity index is 1060. The van der Waals surface area contributed by atoms with E-state index in [1.54, 1.807) is 6.07 Å². The van der Waals surface area contributed by atoms with Crippen molar-refractivity contribution in [3.05, 3.63) is 59.2 Å². The van der Waals surface area contributed by atoms with Gasteiger partial charge in [-0.25, -0.2) is 11.0 Å². The van der Waals surface area contributed by atoms with Crippen molar-refractivity contribution in [3.63, 3.8) is 0 Å². The highest BCUT2D eigenvalue weighted by Gasteiger charge is 2.34. The van der Waals surface area contributed by atoms with Gasteiger partial charge in [-0.1, -0.05) is 56.2 Å². The molecular weight excluding hydrogens is 436 g/mol. The van der Waals surface area contributed by atoms with Crippen LogP contribution >= 0.6 is 0 Å². The third kappa shape index (κ3) is 5.81. The molecule has 0 saturated carbocycles. The first-order valence-electron chi connectivity index (χ1n) is 11.5. The van der Waals surface area contributed by atoms with Gasteiger partial charge in [0.1, 0.15) is 5.92 Å². The largest absolute Gasteiger partial charge is 0.481 e. The summed E-state index contributed by atoms with van der Waals surface area (Å²) < 4.78 is 0. The lowest BCUT2D eigenvalue weighted by atomic mass is 9.93. The molecule has 2 aromatic carbocycles. The van der Waals surface area contributed by atoms with Crippen LogP contribution in [0.2, 0.25) is 0 Å². The first kappa shape index (κ1) is 25.4. The molecule has 0 saturated heterocycles. The predicted octanol–water partition coefficient (Wildman–Crippen LogP) is 4.20. The zero-order valence-corrected chi connectivity index (χ0v) is 20.0. The van der Waals surface area contributed by atoms with Crippen molar-refractivity contribution in [1.29, 1.82) is 0 Å². The van der Waals surface area contributed by atoms with E-state index in [4.69, 9.17) is 9.68 Å². The number of hydroxylamine groups is 2. The van der Waals surface area contributed by atoms with Crippen LogP contribution in [0.25, 0.3) is 11.1 Å². The molecule has 1 aliphatic rings. The van der Waals surface area contributed by atoms with E-state index < -0.39 is 23.4 Å². The fraction of sp³-hybridized carbons (Fsp3) is 0.423. The number of hydrogen-bond acceptors (Lipinski definition) is 5. The van der Waals surface area contributed by atoms with Crippen LogP contribution in [0.3, 0.4) is 0 Å². The van der Waals surface area contributed by atoms with Gasteiger partial charge in [-0.3, -0.25) is 24.1 Å². The molecule has 182 valence electrons. The summed E-state index contributed by atoms with van der Waals surface area (Å²) >= 11 is 0. The van der Waals surface area contributed by atoms with Gasteiger partial charge in [-0.05, 0) is 55.5 Å². The Morgan fingerprint density at radius 2 is 1.74 bits per heavy atom. The van der Waals surface area contributed by atoms with Crippen molar-refractivity contribution in [2.75, 3.05) is 6.61 Å². The quantitative estimate of drug-likeness (QED) is 0.356. The topological polar surface area (TPSA) is 114 Å². The van der Waals surface area contributed by atoms with E-state index in [-0.39, 0.29) is 24.9 Å². The molecule has 8 nitrogen and oxygen atoms in total. The Balaban J connectivity index is 1.82. The van der Waals surface area contributed by atoms with E-state index in [1.807, 2.05) is 64.1 Å². The van der Waals surface area contributed by atoms with Crippen LogP contribution in [0.1, 0.15) is 74.4 Å². The lowest BCUT2D eigenvalue weighted by Crippen LogP contribution is -2.36. The first-order chi connectivity index (χ1) is 16.1. The number of amides is 2. The summed E-state index contributed by atoms with van der Waals surface area (Å²) in [5.41, 5.74) is 8.35. The molecule has 1 aliphatic carbocycles. The van der Waals surface area contributed by atoms with Crippen molar-refractivity contribution >= 4 is 17.8 Å². The van der Waals surface area contributed by atoms with Crippen LogP contribution in [0.15, 0.2) is 42.5 Å². The van der Waals surface area contributed by atoms with Crippen molar-refractivity contribution in [2.24, 2.45) is 5.92 Å². The highest BCUT2D eigenvalue weighted by atomic mass is 16.7. The minimum Gasteiger partial charge on any atom is -0.481 e. The van der Waals surface area contributed by atoms with Crippen molar-refractivity contribution in [3.8, 4) is 11.1 Å². The van der Waals surface area contributed by atoms with Gasteiger partial charge in [-0.15, -0.1) is 0 Å². The molecular formula is C26H32N2O6. The summed E-state index contributed by atoms with van der Waals surface area (Å²) in [6.07, 6.45) is 1.66. The van der Waals surface area contributed by atoms with Crippen molar-refractivity contribution in [1.82, 2.24) is 11.0 Å². The van der Waals surface area contributed by atoms with Crippen LogP contribution < -0.4 is 11.0 Å². The molecule has 0 radical (unpaired) electrons. The summed E-state index contributed by atoms with van der Waals surface area (Å²) in [4.78, 5) is 47.9. The predicted molar refractivity (Wildman–Crippen MR) is 127 cm³/mol. The van der Waals surface area contributed by atoms with E-state index in [0.29, 0.717) is 12.0 Å². The molecule has 3 N–H and O–H groups in total. The number of carboxylic acid groups (broad SMARTS) is 1. The molecule has 2 atom stereocenters. The van der Waals surface area contributed by atoms with Crippen LogP contribution in [-0.2, 0) is 19.3 Å². The third-order valence-corrected chi connectivity index (χ3v) is 5.66. The number of unbranched alkanes of at least 4 members (excludes halogenated alkanes) is 1. The molecule has 34 heavy (non-hydrogen) atoms. The number of hydrogen-bond donors (Lipinski definition) is 3. The smallest absolute Gasteiger partial charge is 0.316 e. The van der Waals surface area contributed by atoms with Gasteiger partial charge in [-0.2, -0.15) is 0 Å². The van der Waals surface area contributed by atoms with Crippen LogP contribution in [0, 0.1) is 5.92 Å². The number of carbonyl (C=O) groups is 3. The average Bonchev–Trinajstić information content (AvgIpc) is 3.11. The molecule has 0 heterocycles. The molecule has 0 spiro atoms. The minimum absolute atomic E-state index is 0.0420. The summed E-state index contributed by atoms with van der Waals surface area (Å²) in [5.74, 6) is -3.74. The summed E-state index contributed by atoms with van der Waals surface area (Å²) in [7, 11) is 0. The van der Waals surface area contributed by atoms with E-state index >= 15 is 0 Å². The Hall–Kier alpha value is -3.23. The van der Waals surface area contributed by atoms with Crippen molar-refractivity contribution in [2.45, 2.75) is 58.5 Å². The Morgan fingerprint density at radius 1 is 1.03 bits per heavy atom. The molecule has 0 fully saturated rings. The standard InChI is InChI=1S/C26H32N2O6/c1-5-6-10-20(25(31)32)24(30)27-33-15-21-17-12-8-7-11-16(17)18-13-9-14-19(22(18)21)23(29)28-34-26(2,3)4/h7-9,11-14,20-21H,5-6,10,15H2,1-4H3,(H,27,30)(H,28,29)(H,31,32)/t20-,21-/m0/s1. The molecule has 8 heteroatoms. The molecule has 0 unspecified atom stereocenters. The van der Waals surface area contributed by atoms with E-state index in [2.05, 4.69) is 11.0 Å². The highest BCUT2D eigenvalue weighted by Crippen LogP contribution is 2.46. The van der Waals surface area contributed by atoms with Gasteiger partial charge in [0.2, 0.25) is 0 Å². The second-order valence-corrected chi connectivity index (χ2v) is 9.36. The van der Waals surface area contributed by atoms with Crippen LogP contribution in [-0.4, -0.2) is 35.1 Å². The van der Waals surface area contributed by atoms with E-state index in [9.17, 15) is 19.5 Å². The minimum atomic E-state index is -1.18. The second-order valence-electron chi connectivity index (χ2n) is 9.36. The maximum absolute atomic E-state index is 13.0. The summed E-state index contributed by atoms with van der Waals surface area (Å²) in [6, 6.07) is 13.3. The van der Waals surface area contributed by atoms with Gasteiger partial charge < -0.3 is 5.11 Å². The number of benzene rings is 2. The zero-order valence-electron chi connectivity index (χ0n) is 20.0. The number of aliphatic carboxylic acids is 1. The lowest BCUT2D eigenvalue weighted by Gasteiger charge is -2.21. The number of carbonyl (C=O) groups excluding carboxylic acids is 2. The van der Waals surface area contributed by atoms with Gasteiger partial charge >= 0.3 is 5.97 Å². The van der Waals surface area contributed by atoms with Gasteiger partial charge in [0.05, 0.1) is 12.2 Å². The number of carboxylic acids is 1. The van der Waals surface area contributed by atoms with Crippen molar-refractivity contribution < 1.29 is 29.2 Å². The fourth-order valence-electron chi connectivity index (χ4n) is 4.04. The van der Waals surface area contributed by atoms with Gasteiger partial charge in [0.15, 0.2) is 0 Å². The molecule has 0 bridgehead atoms. The maximum Gasteiger partial charge on any atom is 0.316 e. The summed E-state index contributed by atoms with van der Waals surface area (Å²) in [6.45, 7) is 7.48. The zero-order chi connectivity index (χ0) is 24.9. The molecule has 0 aromatic heterocycles. The summed E-state index contributed by atoms with van der Waals surface area (Å²) in [5, 5.41) is 9.37. The van der Waals surface area contributed by atoms with Crippen LogP contribution in [0.4, 0.5) is 0 Å². The van der Waals surface area contributed by atoms with Gasteiger partial charge in [0, 0.05) is 11.5 Å². The molecule has 2 aromatic rings. The normalized spacial score (nSPS) is 15.2. The number of fused-ring (bicyclic) bond motifs is 3. The van der Waals surface area contributed by atoms with E-state index in [1.165, 1.54) is 0 Å². The molecule has 2 amide bonds.